The molecular weight excluding hydrogens is 280 g/mol. The molecule has 0 saturated carbocycles. The fraction of sp³-hybridized carbons (Fsp3) is 0.636. The normalized spacial score (nSPS) is 15.9. The molecule has 0 N–H and O–H groups in total. The van der Waals surface area contributed by atoms with E-state index in [0.717, 1.165) is 4.47 Å². The molecule has 0 nitrogen and oxygen atoms in total. The van der Waals surface area contributed by atoms with Crippen molar-refractivity contribution < 1.29 is 0 Å². The lowest BCUT2D eigenvalue weighted by Gasteiger charge is -2.20. The van der Waals surface area contributed by atoms with Gasteiger partial charge in [-0.3, -0.25) is 0 Å². The molecule has 0 spiro atoms. The lowest BCUT2D eigenvalue weighted by atomic mass is 9.94. The van der Waals surface area contributed by atoms with E-state index in [1.54, 1.807) is 11.3 Å². The van der Waals surface area contributed by atoms with Crippen molar-refractivity contribution in [1.29, 1.82) is 0 Å². The van der Waals surface area contributed by atoms with Crippen molar-refractivity contribution >= 4 is 38.9 Å². The Balaban J connectivity index is 2.88. The SMILES string of the molecule is Cc1cc(Br)c(C(Cl)C(C)C(C)C)s1. The van der Waals surface area contributed by atoms with Gasteiger partial charge in [0.25, 0.3) is 0 Å². The van der Waals surface area contributed by atoms with Crippen LogP contribution in [0.25, 0.3) is 0 Å². The van der Waals surface area contributed by atoms with Crippen LogP contribution < -0.4 is 0 Å². The number of aryl methyl sites for hydroxylation is 1. The van der Waals surface area contributed by atoms with E-state index in [4.69, 9.17) is 11.6 Å². The van der Waals surface area contributed by atoms with Gasteiger partial charge in [0.05, 0.1) is 5.38 Å². The molecule has 0 amide bonds. The zero-order chi connectivity index (χ0) is 10.9. The van der Waals surface area contributed by atoms with Crippen LogP contribution in [0.15, 0.2) is 10.5 Å². The Labute approximate surface area is 104 Å². The Morgan fingerprint density at radius 3 is 2.29 bits per heavy atom. The van der Waals surface area contributed by atoms with Crippen LogP contribution >= 0.6 is 38.9 Å². The van der Waals surface area contributed by atoms with Crippen LogP contribution in [0.2, 0.25) is 0 Å². The van der Waals surface area contributed by atoms with Gasteiger partial charge in [-0.15, -0.1) is 22.9 Å². The largest absolute Gasteiger partial charge is 0.143 e. The minimum absolute atomic E-state index is 0.128. The number of hydrogen-bond acceptors (Lipinski definition) is 1. The van der Waals surface area contributed by atoms with E-state index >= 15 is 0 Å². The van der Waals surface area contributed by atoms with Crippen molar-refractivity contribution in [3.8, 4) is 0 Å². The Hall–Kier alpha value is 0.470. The van der Waals surface area contributed by atoms with E-state index in [1.807, 2.05) is 0 Å². The molecule has 1 rings (SSSR count). The quantitative estimate of drug-likeness (QED) is 0.656. The standard InChI is InChI=1S/C11H16BrClS/c1-6(2)8(4)10(13)11-9(12)5-7(3)14-11/h5-6,8,10H,1-4H3. The molecule has 0 aliphatic heterocycles. The average molecular weight is 296 g/mol. The highest BCUT2D eigenvalue weighted by atomic mass is 79.9. The van der Waals surface area contributed by atoms with Gasteiger partial charge in [0, 0.05) is 14.2 Å². The number of thiophene rings is 1. The Kier molecular flexibility index (Phi) is 4.48. The number of hydrogen-bond donors (Lipinski definition) is 0. The monoisotopic (exact) mass is 294 g/mol. The summed E-state index contributed by atoms with van der Waals surface area (Å²) in [4.78, 5) is 2.58. The summed E-state index contributed by atoms with van der Waals surface area (Å²) in [7, 11) is 0. The van der Waals surface area contributed by atoms with Crippen LogP contribution in [0.1, 0.15) is 35.9 Å². The topological polar surface area (TPSA) is 0 Å². The molecule has 3 heteroatoms. The molecule has 0 radical (unpaired) electrons. The van der Waals surface area contributed by atoms with Crippen LogP contribution in [-0.2, 0) is 0 Å². The summed E-state index contributed by atoms with van der Waals surface area (Å²) in [5.74, 6) is 1.12. The van der Waals surface area contributed by atoms with Gasteiger partial charge in [-0.05, 0) is 40.8 Å². The Bertz CT molecular complexity index is 306. The number of rotatable bonds is 3. The minimum Gasteiger partial charge on any atom is -0.143 e. The van der Waals surface area contributed by atoms with Gasteiger partial charge < -0.3 is 0 Å². The zero-order valence-electron chi connectivity index (χ0n) is 8.97. The van der Waals surface area contributed by atoms with Gasteiger partial charge in [-0.2, -0.15) is 0 Å². The molecule has 0 aliphatic carbocycles. The van der Waals surface area contributed by atoms with Gasteiger partial charge in [0.1, 0.15) is 0 Å². The maximum atomic E-state index is 6.45. The van der Waals surface area contributed by atoms with Crippen LogP contribution in [0.4, 0.5) is 0 Å². The fourth-order valence-corrected chi connectivity index (χ4v) is 3.93. The average Bonchev–Trinajstić information content (AvgIpc) is 2.42. The number of alkyl halides is 1. The van der Waals surface area contributed by atoms with Gasteiger partial charge in [0.15, 0.2) is 0 Å². The third-order valence-corrected chi connectivity index (χ3v) is 5.40. The molecule has 0 aliphatic rings. The van der Waals surface area contributed by atoms with Crippen LogP contribution in [0, 0.1) is 18.8 Å². The van der Waals surface area contributed by atoms with Crippen LogP contribution in [-0.4, -0.2) is 0 Å². The van der Waals surface area contributed by atoms with Crippen molar-refractivity contribution in [2.45, 2.75) is 33.1 Å². The van der Waals surface area contributed by atoms with E-state index in [2.05, 4.69) is 49.7 Å². The van der Waals surface area contributed by atoms with E-state index < -0.39 is 0 Å². The number of halogens is 2. The molecule has 0 bridgehead atoms. The van der Waals surface area contributed by atoms with Crippen LogP contribution in [0.3, 0.4) is 0 Å². The first-order valence-corrected chi connectivity index (χ1v) is 6.88. The third kappa shape index (κ3) is 2.74. The highest BCUT2D eigenvalue weighted by Gasteiger charge is 2.23. The summed E-state index contributed by atoms with van der Waals surface area (Å²) in [6.07, 6.45) is 0. The Morgan fingerprint density at radius 1 is 1.36 bits per heavy atom. The molecule has 1 aromatic rings. The van der Waals surface area contributed by atoms with Gasteiger partial charge in [0.2, 0.25) is 0 Å². The molecule has 2 atom stereocenters. The maximum absolute atomic E-state index is 6.45. The summed E-state index contributed by atoms with van der Waals surface area (Å²) < 4.78 is 1.16. The fourth-order valence-electron chi connectivity index (χ4n) is 1.27. The van der Waals surface area contributed by atoms with Crippen molar-refractivity contribution in [3.63, 3.8) is 0 Å². The maximum Gasteiger partial charge on any atom is 0.0717 e. The molecule has 0 fully saturated rings. The molecular formula is C11H16BrClS. The van der Waals surface area contributed by atoms with Crippen LogP contribution in [0.5, 0.6) is 0 Å². The first-order valence-electron chi connectivity index (χ1n) is 4.83. The summed E-state index contributed by atoms with van der Waals surface area (Å²) >= 11 is 11.8. The first-order chi connectivity index (χ1) is 6.43. The van der Waals surface area contributed by atoms with E-state index in [9.17, 15) is 0 Å². The lowest BCUT2D eigenvalue weighted by molar-refractivity contribution is 0.408. The van der Waals surface area contributed by atoms with Crippen molar-refractivity contribution in [2.24, 2.45) is 11.8 Å². The molecule has 2 unspecified atom stereocenters. The smallest absolute Gasteiger partial charge is 0.0717 e. The van der Waals surface area contributed by atoms with Crippen molar-refractivity contribution in [2.75, 3.05) is 0 Å². The summed E-state index contributed by atoms with van der Waals surface area (Å²) in [6.45, 7) is 8.76. The minimum atomic E-state index is 0.128. The summed E-state index contributed by atoms with van der Waals surface area (Å²) in [6, 6.07) is 2.14. The second-order valence-electron chi connectivity index (χ2n) is 4.07. The second-order valence-corrected chi connectivity index (χ2v) is 6.69. The highest BCUT2D eigenvalue weighted by Crippen LogP contribution is 2.41. The van der Waals surface area contributed by atoms with Gasteiger partial charge >= 0.3 is 0 Å². The first kappa shape index (κ1) is 12.5. The highest BCUT2D eigenvalue weighted by molar-refractivity contribution is 9.10. The van der Waals surface area contributed by atoms with E-state index in [1.165, 1.54) is 9.75 Å². The Morgan fingerprint density at radius 2 is 1.93 bits per heavy atom. The molecule has 1 heterocycles. The van der Waals surface area contributed by atoms with E-state index in [0.29, 0.717) is 11.8 Å². The van der Waals surface area contributed by atoms with E-state index in [-0.39, 0.29) is 5.38 Å². The molecule has 14 heavy (non-hydrogen) atoms. The van der Waals surface area contributed by atoms with Crippen molar-refractivity contribution in [3.05, 3.63) is 20.3 Å². The molecule has 0 aromatic carbocycles. The molecule has 80 valence electrons. The lowest BCUT2D eigenvalue weighted by Crippen LogP contribution is -2.09. The molecule has 0 saturated heterocycles. The second kappa shape index (κ2) is 5.00. The summed E-state index contributed by atoms with van der Waals surface area (Å²) in [5.41, 5.74) is 0. The third-order valence-electron chi connectivity index (χ3n) is 2.60. The predicted molar refractivity (Wildman–Crippen MR) is 69.4 cm³/mol. The summed E-state index contributed by atoms with van der Waals surface area (Å²) in [5, 5.41) is 0.128. The van der Waals surface area contributed by atoms with Crippen molar-refractivity contribution in [1.82, 2.24) is 0 Å². The molecule has 1 aromatic heterocycles. The van der Waals surface area contributed by atoms with Gasteiger partial charge in [-0.1, -0.05) is 20.8 Å². The van der Waals surface area contributed by atoms with Gasteiger partial charge in [-0.25, -0.2) is 0 Å². The zero-order valence-corrected chi connectivity index (χ0v) is 12.1. The predicted octanol–water partition coefficient (Wildman–Crippen LogP) is 5.39.